The number of nitrogens with one attached hydrogen (secondary N) is 1. The molecule has 1 aromatic heterocycles. The van der Waals surface area contributed by atoms with E-state index < -0.39 is 0 Å². The Balaban J connectivity index is 1.52. The van der Waals surface area contributed by atoms with E-state index in [1.807, 2.05) is 18.0 Å². The van der Waals surface area contributed by atoms with Crippen molar-refractivity contribution < 1.29 is 9.53 Å². The van der Waals surface area contributed by atoms with Crippen LogP contribution in [0.4, 0.5) is 10.5 Å². The average molecular weight is 340 g/mol. The fourth-order valence-electron chi connectivity index (χ4n) is 4.30. The Morgan fingerprint density at radius 1 is 1.32 bits per heavy atom. The predicted molar refractivity (Wildman–Crippen MR) is 95.8 cm³/mol. The van der Waals surface area contributed by atoms with Crippen molar-refractivity contribution >= 4 is 11.7 Å². The van der Waals surface area contributed by atoms with Crippen molar-refractivity contribution in [2.24, 2.45) is 12.5 Å². The van der Waals surface area contributed by atoms with Gasteiger partial charge in [-0.05, 0) is 23.8 Å². The van der Waals surface area contributed by atoms with E-state index in [0.29, 0.717) is 17.5 Å². The molecule has 1 N–H and O–H groups in total. The Labute approximate surface area is 147 Å². The van der Waals surface area contributed by atoms with Crippen LogP contribution in [-0.4, -0.2) is 40.9 Å². The Bertz CT molecular complexity index is 767. The van der Waals surface area contributed by atoms with Crippen LogP contribution >= 0.6 is 0 Å². The van der Waals surface area contributed by atoms with Gasteiger partial charge in [-0.3, -0.25) is 4.68 Å². The Morgan fingerprint density at radius 3 is 2.72 bits per heavy atom. The third-order valence-corrected chi connectivity index (χ3v) is 5.72. The molecule has 0 radical (unpaired) electrons. The summed E-state index contributed by atoms with van der Waals surface area (Å²) in [6, 6.07) is 10.5. The number of urea groups is 1. The normalized spacial score (nSPS) is 21.2. The summed E-state index contributed by atoms with van der Waals surface area (Å²) in [4.78, 5) is 14.8. The zero-order valence-corrected chi connectivity index (χ0v) is 14.7. The molecule has 2 heterocycles. The van der Waals surface area contributed by atoms with Gasteiger partial charge in [0.15, 0.2) is 0 Å². The fraction of sp³-hybridized carbons (Fsp3) is 0.474. The summed E-state index contributed by atoms with van der Waals surface area (Å²) in [6.07, 6.45) is 5.43. The van der Waals surface area contributed by atoms with Gasteiger partial charge in [-0.2, -0.15) is 0 Å². The maximum absolute atomic E-state index is 12.8. The van der Waals surface area contributed by atoms with E-state index in [1.54, 1.807) is 18.0 Å². The second-order valence-corrected chi connectivity index (χ2v) is 7.22. The van der Waals surface area contributed by atoms with Crippen LogP contribution in [0.2, 0.25) is 0 Å². The zero-order chi connectivity index (χ0) is 17.4. The highest BCUT2D eigenvalue weighted by molar-refractivity contribution is 5.90. The number of likely N-dealkylation sites (tertiary alicyclic amines) is 1. The molecule has 4 rings (SSSR count). The molecule has 1 saturated heterocycles. The fourth-order valence-corrected chi connectivity index (χ4v) is 4.30. The molecule has 0 bridgehead atoms. The molecule has 6 heteroatoms. The maximum atomic E-state index is 12.8. The number of benzene rings is 1. The number of amides is 2. The minimum atomic E-state index is -0.0731. The van der Waals surface area contributed by atoms with E-state index in [4.69, 9.17) is 4.74 Å². The summed E-state index contributed by atoms with van der Waals surface area (Å²) in [5.41, 5.74) is 2.20. The quantitative estimate of drug-likeness (QED) is 0.933. The minimum Gasteiger partial charge on any atom is -0.478 e. The molecular weight excluding hydrogens is 316 g/mol. The molecule has 132 valence electrons. The molecule has 1 saturated carbocycles. The van der Waals surface area contributed by atoms with Gasteiger partial charge in [0.1, 0.15) is 5.69 Å². The molecule has 6 nitrogen and oxygen atoms in total. The maximum Gasteiger partial charge on any atom is 0.322 e. The summed E-state index contributed by atoms with van der Waals surface area (Å²) in [6.45, 7) is 1.58. The lowest BCUT2D eigenvalue weighted by Gasteiger charge is -2.43. The number of carbonyl (C=O) groups is 1. The number of aromatic nitrogens is 2. The van der Waals surface area contributed by atoms with Crippen LogP contribution in [0.5, 0.6) is 5.88 Å². The second-order valence-electron chi connectivity index (χ2n) is 7.22. The highest BCUT2D eigenvalue weighted by Gasteiger charge is 2.51. The molecule has 1 atom stereocenters. The van der Waals surface area contributed by atoms with Gasteiger partial charge in [0.25, 0.3) is 5.88 Å². The largest absolute Gasteiger partial charge is 0.478 e. The number of carbonyl (C=O) groups excluding carboxylic acids is 1. The Morgan fingerprint density at radius 2 is 2.08 bits per heavy atom. The molecule has 1 spiro atoms. The molecule has 1 unspecified atom stereocenters. The molecule has 1 aliphatic carbocycles. The van der Waals surface area contributed by atoms with Gasteiger partial charge < -0.3 is 15.0 Å². The van der Waals surface area contributed by atoms with Crippen molar-refractivity contribution in [3.05, 3.63) is 42.1 Å². The lowest BCUT2D eigenvalue weighted by atomic mass is 9.61. The lowest BCUT2D eigenvalue weighted by Crippen LogP contribution is -2.39. The van der Waals surface area contributed by atoms with Crippen LogP contribution in [0.3, 0.4) is 0 Å². The number of anilines is 1. The number of hydrogen-bond acceptors (Lipinski definition) is 3. The van der Waals surface area contributed by atoms with Crippen LogP contribution in [-0.2, 0) is 7.05 Å². The van der Waals surface area contributed by atoms with Crippen LogP contribution in [0, 0.1) is 5.41 Å². The summed E-state index contributed by atoms with van der Waals surface area (Å²) in [5, 5.41) is 7.15. The third kappa shape index (κ3) is 2.75. The van der Waals surface area contributed by atoms with Gasteiger partial charge in [0.05, 0.1) is 13.3 Å². The number of nitrogens with zero attached hydrogens (tertiary/aromatic N) is 3. The van der Waals surface area contributed by atoms with Gasteiger partial charge in [-0.15, -0.1) is 5.10 Å². The highest BCUT2D eigenvalue weighted by atomic mass is 16.5. The lowest BCUT2D eigenvalue weighted by molar-refractivity contribution is 0.125. The standard InChI is InChI=1S/C19H24N4O2/c1-22-12-16(17(21-22)25-2)20-18(24)23-11-15(14-7-4-3-5-8-14)19(13-23)9-6-10-19/h3-5,7-8,12,15H,6,9-11,13H2,1-2H3,(H,20,24). The van der Waals surface area contributed by atoms with Crippen molar-refractivity contribution in [2.75, 3.05) is 25.5 Å². The first kappa shape index (κ1) is 16.0. The summed E-state index contributed by atoms with van der Waals surface area (Å²) in [5.74, 6) is 0.858. The van der Waals surface area contributed by atoms with E-state index in [0.717, 1.165) is 13.1 Å². The van der Waals surface area contributed by atoms with Gasteiger partial charge in [-0.25, -0.2) is 4.79 Å². The molecule has 2 fully saturated rings. The third-order valence-electron chi connectivity index (χ3n) is 5.72. The number of rotatable bonds is 3. The minimum absolute atomic E-state index is 0.0731. The predicted octanol–water partition coefficient (Wildman–Crippen LogP) is 3.23. The van der Waals surface area contributed by atoms with E-state index >= 15 is 0 Å². The second kappa shape index (κ2) is 6.10. The smallest absolute Gasteiger partial charge is 0.322 e. The van der Waals surface area contributed by atoms with E-state index in [1.165, 1.54) is 24.8 Å². The van der Waals surface area contributed by atoms with E-state index in [2.05, 4.69) is 34.7 Å². The molecule has 2 amide bonds. The molecule has 2 aromatic rings. The number of hydrogen-bond donors (Lipinski definition) is 1. The summed E-state index contributed by atoms with van der Waals surface area (Å²) in [7, 11) is 3.37. The molecule has 2 aliphatic rings. The molecular formula is C19H24N4O2. The van der Waals surface area contributed by atoms with E-state index in [9.17, 15) is 4.79 Å². The van der Waals surface area contributed by atoms with Crippen LogP contribution in [0.15, 0.2) is 36.5 Å². The molecule has 1 aliphatic heterocycles. The topological polar surface area (TPSA) is 59.4 Å². The van der Waals surface area contributed by atoms with Gasteiger partial charge in [-0.1, -0.05) is 36.8 Å². The van der Waals surface area contributed by atoms with Crippen LogP contribution < -0.4 is 10.1 Å². The zero-order valence-electron chi connectivity index (χ0n) is 14.7. The average Bonchev–Trinajstić information content (AvgIpc) is 3.16. The Hall–Kier alpha value is -2.50. The first-order valence-corrected chi connectivity index (χ1v) is 8.80. The number of methoxy groups -OCH3 is 1. The van der Waals surface area contributed by atoms with Gasteiger partial charge in [0.2, 0.25) is 0 Å². The monoisotopic (exact) mass is 340 g/mol. The highest BCUT2D eigenvalue weighted by Crippen LogP contribution is 2.55. The van der Waals surface area contributed by atoms with Gasteiger partial charge in [0, 0.05) is 26.1 Å². The first-order valence-electron chi connectivity index (χ1n) is 8.80. The van der Waals surface area contributed by atoms with Crippen LogP contribution in [0.25, 0.3) is 0 Å². The first-order chi connectivity index (χ1) is 12.1. The van der Waals surface area contributed by atoms with Crippen molar-refractivity contribution in [3.63, 3.8) is 0 Å². The summed E-state index contributed by atoms with van der Waals surface area (Å²) >= 11 is 0. The molecule has 25 heavy (non-hydrogen) atoms. The summed E-state index contributed by atoms with van der Waals surface area (Å²) < 4.78 is 6.87. The SMILES string of the molecule is COc1nn(C)cc1NC(=O)N1CC(c2ccccc2)C2(CCC2)C1. The van der Waals surface area contributed by atoms with Crippen molar-refractivity contribution in [1.82, 2.24) is 14.7 Å². The Kier molecular flexibility index (Phi) is 3.90. The van der Waals surface area contributed by atoms with E-state index in [-0.39, 0.29) is 11.4 Å². The number of ether oxygens (including phenoxy) is 1. The number of aryl methyl sites for hydroxylation is 1. The van der Waals surface area contributed by atoms with Crippen molar-refractivity contribution in [1.29, 1.82) is 0 Å². The van der Waals surface area contributed by atoms with Gasteiger partial charge >= 0.3 is 6.03 Å². The van der Waals surface area contributed by atoms with Crippen molar-refractivity contribution in [2.45, 2.75) is 25.2 Å². The van der Waals surface area contributed by atoms with Crippen LogP contribution in [0.1, 0.15) is 30.7 Å². The molecule has 1 aromatic carbocycles. The van der Waals surface area contributed by atoms with Crippen molar-refractivity contribution in [3.8, 4) is 5.88 Å².